The van der Waals surface area contributed by atoms with Crippen molar-refractivity contribution in [2.24, 2.45) is 5.92 Å². The van der Waals surface area contributed by atoms with Crippen LogP contribution in [0.25, 0.3) is 0 Å². The topological polar surface area (TPSA) is 79.3 Å². The average molecular weight is 234 g/mol. The lowest BCUT2D eigenvalue weighted by Gasteiger charge is -2.05. The maximum atomic E-state index is 11.7. The van der Waals surface area contributed by atoms with Crippen molar-refractivity contribution in [3.05, 3.63) is 29.1 Å². The smallest absolute Gasteiger partial charge is 0.337 e. The van der Waals surface area contributed by atoms with Crippen LogP contribution >= 0.6 is 0 Å². The van der Waals surface area contributed by atoms with Crippen molar-refractivity contribution >= 4 is 11.9 Å². The van der Waals surface area contributed by atoms with E-state index in [4.69, 9.17) is 5.11 Å². The summed E-state index contributed by atoms with van der Waals surface area (Å²) in [4.78, 5) is 26.5. The number of amides is 1. The first-order chi connectivity index (χ1) is 8.08. The molecule has 1 aliphatic carbocycles. The summed E-state index contributed by atoms with van der Waals surface area (Å²) in [5.74, 6) is -0.657. The molecule has 1 amide bonds. The molecule has 1 aliphatic rings. The predicted octanol–water partition coefficient (Wildman–Crippen LogP) is 1.23. The van der Waals surface area contributed by atoms with Crippen molar-refractivity contribution in [1.82, 2.24) is 10.3 Å². The number of aryl methyl sites for hydroxylation is 1. The lowest BCUT2D eigenvalue weighted by atomic mass is 10.2. The molecule has 0 unspecified atom stereocenters. The molecule has 1 fully saturated rings. The molecule has 2 rings (SSSR count). The first-order valence-corrected chi connectivity index (χ1v) is 5.57. The fourth-order valence-corrected chi connectivity index (χ4v) is 1.56. The minimum Gasteiger partial charge on any atom is -0.478 e. The Balaban J connectivity index is 2.07. The third kappa shape index (κ3) is 2.81. The van der Waals surface area contributed by atoms with Crippen LogP contribution in [0.15, 0.2) is 12.1 Å². The second-order valence-electron chi connectivity index (χ2n) is 4.29. The number of carbonyl (C=O) groups is 2. The summed E-state index contributed by atoms with van der Waals surface area (Å²) in [6.07, 6.45) is 2.34. The van der Waals surface area contributed by atoms with E-state index in [0.29, 0.717) is 18.2 Å². The highest BCUT2D eigenvalue weighted by molar-refractivity contribution is 5.94. The normalized spacial score (nSPS) is 14.4. The van der Waals surface area contributed by atoms with Crippen molar-refractivity contribution < 1.29 is 14.7 Å². The van der Waals surface area contributed by atoms with E-state index in [-0.39, 0.29) is 17.2 Å². The summed E-state index contributed by atoms with van der Waals surface area (Å²) in [5.41, 5.74) is 0.758. The maximum Gasteiger partial charge on any atom is 0.337 e. The van der Waals surface area contributed by atoms with Gasteiger partial charge in [0.25, 0.3) is 5.91 Å². The standard InChI is InChI=1S/C12H14N2O3/c1-7-9(12(16)17)4-5-10(14-7)11(15)13-6-8-2-3-8/h4-5,8H,2-3,6H2,1H3,(H,13,15)(H,16,17). The minimum absolute atomic E-state index is 0.128. The Morgan fingerprint density at radius 1 is 1.47 bits per heavy atom. The quantitative estimate of drug-likeness (QED) is 0.821. The number of hydrogen-bond acceptors (Lipinski definition) is 3. The molecule has 1 heterocycles. The maximum absolute atomic E-state index is 11.7. The van der Waals surface area contributed by atoms with Gasteiger partial charge in [-0.2, -0.15) is 0 Å². The minimum atomic E-state index is -1.03. The van der Waals surface area contributed by atoms with Gasteiger partial charge >= 0.3 is 5.97 Å². The van der Waals surface area contributed by atoms with Crippen LogP contribution in [-0.4, -0.2) is 28.5 Å². The number of aromatic nitrogens is 1. The van der Waals surface area contributed by atoms with Gasteiger partial charge in [-0.25, -0.2) is 9.78 Å². The first-order valence-electron chi connectivity index (χ1n) is 5.57. The van der Waals surface area contributed by atoms with Crippen molar-refractivity contribution in [3.8, 4) is 0 Å². The van der Waals surface area contributed by atoms with Gasteiger partial charge in [-0.05, 0) is 37.8 Å². The van der Waals surface area contributed by atoms with Gasteiger partial charge in [0.2, 0.25) is 0 Å². The molecule has 0 aromatic carbocycles. The molecule has 1 aromatic heterocycles. The largest absolute Gasteiger partial charge is 0.478 e. The number of carboxylic acid groups (broad SMARTS) is 1. The van der Waals surface area contributed by atoms with Crippen LogP contribution in [0.2, 0.25) is 0 Å². The molecule has 0 spiro atoms. The zero-order valence-electron chi connectivity index (χ0n) is 9.56. The number of nitrogens with zero attached hydrogens (tertiary/aromatic N) is 1. The Hall–Kier alpha value is -1.91. The highest BCUT2D eigenvalue weighted by Gasteiger charge is 2.22. The van der Waals surface area contributed by atoms with Crippen molar-refractivity contribution in [1.29, 1.82) is 0 Å². The lowest BCUT2D eigenvalue weighted by molar-refractivity contribution is 0.0694. The average Bonchev–Trinajstić information content (AvgIpc) is 3.09. The Kier molecular flexibility index (Phi) is 3.08. The summed E-state index contributed by atoms with van der Waals surface area (Å²) < 4.78 is 0. The van der Waals surface area contributed by atoms with Gasteiger partial charge in [0.1, 0.15) is 5.69 Å². The predicted molar refractivity (Wildman–Crippen MR) is 61.0 cm³/mol. The molecule has 1 saturated carbocycles. The van der Waals surface area contributed by atoms with Crippen molar-refractivity contribution in [3.63, 3.8) is 0 Å². The van der Waals surface area contributed by atoms with E-state index >= 15 is 0 Å². The number of carboxylic acids is 1. The van der Waals surface area contributed by atoms with E-state index in [9.17, 15) is 9.59 Å². The second kappa shape index (κ2) is 4.53. The van der Waals surface area contributed by atoms with E-state index < -0.39 is 5.97 Å². The van der Waals surface area contributed by atoms with Gasteiger partial charge < -0.3 is 10.4 Å². The van der Waals surface area contributed by atoms with E-state index in [0.717, 1.165) is 0 Å². The Labute approximate surface area is 98.9 Å². The lowest BCUT2D eigenvalue weighted by Crippen LogP contribution is -2.26. The Morgan fingerprint density at radius 2 is 2.18 bits per heavy atom. The summed E-state index contributed by atoms with van der Waals surface area (Å²) in [7, 11) is 0. The fourth-order valence-electron chi connectivity index (χ4n) is 1.56. The van der Waals surface area contributed by atoms with Gasteiger partial charge in [-0.1, -0.05) is 0 Å². The Bertz CT molecular complexity index is 467. The van der Waals surface area contributed by atoms with Crippen LogP contribution in [0.5, 0.6) is 0 Å². The number of hydrogen-bond donors (Lipinski definition) is 2. The number of pyridine rings is 1. The molecule has 5 heteroatoms. The van der Waals surface area contributed by atoms with E-state index in [1.165, 1.54) is 25.0 Å². The zero-order valence-corrected chi connectivity index (χ0v) is 9.56. The van der Waals surface area contributed by atoms with Crippen molar-refractivity contribution in [2.45, 2.75) is 19.8 Å². The summed E-state index contributed by atoms with van der Waals surface area (Å²) in [6, 6.07) is 2.86. The van der Waals surface area contributed by atoms with Gasteiger partial charge in [0.05, 0.1) is 11.3 Å². The van der Waals surface area contributed by atoms with Gasteiger partial charge in [0.15, 0.2) is 0 Å². The number of rotatable bonds is 4. The number of nitrogens with one attached hydrogen (secondary N) is 1. The van der Waals surface area contributed by atoms with E-state index in [1.54, 1.807) is 6.92 Å². The molecule has 0 bridgehead atoms. The molecule has 17 heavy (non-hydrogen) atoms. The highest BCUT2D eigenvalue weighted by atomic mass is 16.4. The van der Waals surface area contributed by atoms with Gasteiger partial charge in [-0.3, -0.25) is 4.79 Å². The molecule has 2 N–H and O–H groups in total. The Morgan fingerprint density at radius 3 is 2.71 bits per heavy atom. The van der Waals surface area contributed by atoms with Gasteiger partial charge in [0, 0.05) is 6.54 Å². The third-order valence-electron chi connectivity index (χ3n) is 2.80. The summed E-state index contributed by atoms with van der Waals surface area (Å²) in [6.45, 7) is 2.27. The highest BCUT2D eigenvalue weighted by Crippen LogP contribution is 2.27. The van der Waals surface area contributed by atoms with Crippen LogP contribution < -0.4 is 5.32 Å². The zero-order chi connectivity index (χ0) is 12.4. The monoisotopic (exact) mass is 234 g/mol. The number of aromatic carboxylic acids is 1. The van der Waals surface area contributed by atoms with Gasteiger partial charge in [-0.15, -0.1) is 0 Å². The molecule has 90 valence electrons. The van der Waals surface area contributed by atoms with Crippen LogP contribution in [0.4, 0.5) is 0 Å². The number of carbonyl (C=O) groups excluding carboxylic acids is 1. The van der Waals surface area contributed by atoms with Crippen molar-refractivity contribution in [2.75, 3.05) is 6.54 Å². The molecular formula is C12H14N2O3. The second-order valence-corrected chi connectivity index (χ2v) is 4.29. The van der Waals surface area contributed by atoms with E-state index in [1.807, 2.05) is 0 Å². The summed E-state index contributed by atoms with van der Waals surface area (Å²) >= 11 is 0. The summed E-state index contributed by atoms with van der Waals surface area (Å²) in [5, 5.41) is 11.6. The molecule has 0 saturated heterocycles. The fraction of sp³-hybridized carbons (Fsp3) is 0.417. The molecule has 0 atom stereocenters. The molecule has 5 nitrogen and oxygen atoms in total. The van der Waals surface area contributed by atoms with Crippen LogP contribution in [0, 0.1) is 12.8 Å². The molecule has 1 aromatic rings. The molecular weight excluding hydrogens is 220 g/mol. The van der Waals surface area contributed by atoms with Crippen LogP contribution in [0.3, 0.4) is 0 Å². The SMILES string of the molecule is Cc1nc(C(=O)NCC2CC2)ccc1C(=O)O. The van der Waals surface area contributed by atoms with Crippen LogP contribution in [-0.2, 0) is 0 Å². The van der Waals surface area contributed by atoms with E-state index in [2.05, 4.69) is 10.3 Å². The van der Waals surface area contributed by atoms with Crippen LogP contribution in [0.1, 0.15) is 39.4 Å². The molecule has 0 aliphatic heterocycles. The third-order valence-corrected chi connectivity index (χ3v) is 2.80. The molecule has 0 radical (unpaired) electrons. The first kappa shape index (κ1) is 11.6.